The van der Waals surface area contributed by atoms with E-state index in [-0.39, 0.29) is 10.8 Å². The first-order valence-electron chi connectivity index (χ1n) is 15.8. The maximum Gasteiger partial charge on any atom is 0.156 e. The zero-order chi connectivity index (χ0) is 32.0. The van der Waals surface area contributed by atoms with Crippen LogP contribution in [0.5, 0.6) is 0 Å². The van der Waals surface area contributed by atoms with Crippen molar-refractivity contribution >= 4 is 66.5 Å². The molecular formula is C41H36N2O2S. The second-order valence-electron chi connectivity index (χ2n) is 14.4. The number of hydrogen-bond donors (Lipinski definition) is 0. The van der Waals surface area contributed by atoms with E-state index >= 15 is 0 Å². The Kier molecular flexibility index (Phi) is 6.39. The monoisotopic (exact) mass is 620 g/mol. The van der Waals surface area contributed by atoms with E-state index in [1.165, 1.54) is 11.1 Å². The molecule has 0 atom stereocenters. The highest BCUT2D eigenvalue weighted by atomic mass is 32.2. The van der Waals surface area contributed by atoms with Gasteiger partial charge in [0.25, 0.3) is 0 Å². The van der Waals surface area contributed by atoms with Gasteiger partial charge in [0.1, 0.15) is 32.3 Å². The van der Waals surface area contributed by atoms with Crippen molar-refractivity contribution in [3.63, 3.8) is 0 Å². The summed E-state index contributed by atoms with van der Waals surface area (Å²) in [6.45, 7) is 15.6. The third kappa shape index (κ3) is 4.76. The fourth-order valence-corrected chi connectivity index (χ4v) is 7.30. The van der Waals surface area contributed by atoms with Crippen LogP contribution in [0.1, 0.15) is 58.2 Å². The Balaban J connectivity index is 1.35. The van der Waals surface area contributed by atoms with Crippen molar-refractivity contribution in [3.05, 3.63) is 108 Å². The SMILES string of the molecule is Cc1cc(Sc2cc(C(C)(C)C)cc(-c3cccc(C(C)(C)C)c3)n2)nc2c1oc1cccc3oc4c5ccccc5cc2c4c13. The minimum absolute atomic E-state index is 0.0469. The van der Waals surface area contributed by atoms with E-state index in [9.17, 15) is 0 Å². The summed E-state index contributed by atoms with van der Waals surface area (Å²) < 4.78 is 13.2. The number of furan rings is 1. The van der Waals surface area contributed by atoms with Crippen LogP contribution in [-0.4, -0.2) is 9.97 Å². The molecule has 0 fully saturated rings. The largest absolute Gasteiger partial charge is 0.455 e. The molecule has 0 bridgehead atoms. The number of fused-ring (bicyclic) bond motifs is 4. The molecule has 46 heavy (non-hydrogen) atoms. The Morgan fingerprint density at radius 1 is 0.587 bits per heavy atom. The molecule has 0 unspecified atom stereocenters. The zero-order valence-corrected chi connectivity index (χ0v) is 28.1. The summed E-state index contributed by atoms with van der Waals surface area (Å²) in [5.74, 6) is 0. The summed E-state index contributed by atoms with van der Waals surface area (Å²) in [5.41, 5.74) is 9.74. The quantitative estimate of drug-likeness (QED) is 0.197. The Labute approximate surface area is 272 Å². The van der Waals surface area contributed by atoms with Gasteiger partial charge in [0.05, 0.1) is 11.1 Å². The van der Waals surface area contributed by atoms with Crippen LogP contribution in [-0.2, 0) is 10.8 Å². The van der Waals surface area contributed by atoms with Crippen LogP contribution in [0.3, 0.4) is 0 Å². The third-order valence-electron chi connectivity index (χ3n) is 8.96. The number of rotatable bonds is 3. The number of aromatic nitrogens is 2. The summed E-state index contributed by atoms with van der Waals surface area (Å²) in [4.78, 5) is 10.5. The van der Waals surface area contributed by atoms with Crippen LogP contribution in [0.2, 0.25) is 0 Å². The van der Waals surface area contributed by atoms with Crippen LogP contribution < -0.4 is 0 Å². The molecule has 0 amide bonds. The van der Waals surface area contributed by atoms with Gasteiger partial charge >= 0.3 is 0 Å². The van der Waals surface area contributed by atoms with E-state index in [2.05, 4.69) is 121 Å². The van der Waals surface area contributed by atoms with E-state index in [1.807, 2.05) is 18.2 Å². The summed E-state index contributed by atoms with van der Waals surface area (Å²) in [6, 6.07) is 32.0. The lowest BCUT2D eigenvalue weighted by Crippen LogP contribution is -2.12. The number of pyridine rings is 2. The lowest BCUT2D eigenvalue weighted by molar-refractivity contribution is 0.586. The summed E-state index contributed by atoms with van der Waals surface area (Å²) in [7, 11) is 0. The van der Waals surface area contributed by atoms with Crippen molar-refractivity contribution in [3.8, 4) is 11.3 Å². The van der Waals surface area contributed by atoms with Gasteiger partial charge in [-0.25, -0.2) is 9.97 Å². The van der Waals surface area contributed by atoms with Gasteiger partial charge < -0.3 is 8.83 Å². The fourth-order valence-electron chi connectivity index (χ4n) is 6.39. The Morgan fingerprint density at radius 3 is 2.04 bits per heavy atom. The summed E-state index contributed by atoms with van der Waals surface area (Å²) >= 11 is 1.60. The van der Waals surface area contributed by atoms with Crippen molar-refractivity contribution < 1.29 is 8.83 Å². The maximum atomic E-state index is 6.67. The van der Waals surface area contributed by atoms with Crippen LogP contribution in [0, 0.1) is 6.92 Å². The molecule has 0 aliphatic carbocycles. The van der Waals surface area contributed by atoms with Gasteiger partial charge in [-0.3, -0.25) is 0 Å². The van der Waals surface area contributed by atoms with Crippen molar-refractivity contribution in [2.24, 2.45) is 0 Å². The molecule has 8 aromatic rings. The van der Waals surface area contributed by atoms with Crippen molar-refractivity contribution in [1.82, 2.24) is 9.97 Å². The first kappa shape index (κ1) is 28.8. The minimum atomic E-state index is -0.0469. The molecule has 0 saturated carbocycles. The third-order valence-corrected chi connectivity index (χ3v) is 9.79. The molecule has 0 spiro atoms. The molecular weight excluding hydrogens is 585 g/mol. The highest BCUT2D eigenvalue weighted by Crippen LogP contribution is 2.43. The standard InChI is InChI=1S/C41H36N2O2S/c1-23-18-33(46-34-22-27(41(5,6)7)21-30(42-34)25-13-10-14-26(19-25)40(2,3)4)43-37-29-20-24-12-8-9-15-28(24)39-35(29)36-31(44-38(23)37)16-11-17-32(36)45-39/h8-22H,1-7H3. The highest BCUT2D eigenvalue weighted by molar-refractivity contribution is 7.99. The predicted molar refractivity (Wildman–Crippen MR) is 192 cm³/mol. The molecule has 4 nitrogen and oxygen atoms in total. The van der Waals surface area contributed by atoms with Crippen LogP contribution in [0.4, 0.5) is 0 Å². The predicted octanol–water partition coefficient (Wildman–Crippen LogP) is 12.2. The van der Waals surface area contributed by atoms with Crippen molar-refractivity contribution in [2.75, 3.05) is 0 Å². The average Bonchev–Trinajstić information content (AvgIpc) is 3.35. The molecule has 5 heteroatoms. The van der Waals surface area contributed by atoms with E-state index < -0.39 is 0 Å². The maximum absolute atomic E-state index is 6.67. The molecule has 8 rings (SSSR count). The van der Waals surface area contributed by atoms with Gasteiger partial charge in [-0.1, -0.05) is 102 Å². The van der Waals surface area contributed by atoms with E-state index in [4.69, 9.17) is 18.8 Å². The van der Waals surface area contributed by atoms with E-state index in [0.29, 0.717) is 0 Å². The Bertz CT molecular complexity index is 2490. The van der Waals surface area contributed by atoms with E-state index in [1.54, 1.807) is 11.8 Å². The van der Waals surface area contributed by atoms with Crippen LogP contribution in [0.15, 0.2) is 110 Å². The van der Waals surface area contributed by atoms with Crippen molar-refractivity contribution in [2.45, 2.75) is 69.3 Å². The van der Waals surface area contributed by atoms with Crippen LogP contribution >= 0.6 is 11.8 Å². The molecule has 4 aromatic carbocycles. The Morgan fingerprint density at radius 2 is 1.28 bits per heavy atom. The second kappa shape index (κ2) is 10.2. The van der Waals surface area contributed by atoms with Gasteiger partial charge in [0, 0.05) is 21.7 Å². The summed E-state index contributed by atoms with van der Waals surface area (Å²) in [5, 5.41) is 7.05. The van der Waals surface area contributed by atoms with Gasteiger partial charge in [0.2, 0.25) is 0 Å². The van der Waals surface area contributed by atoms with Gasteiger partial charge in [-0.2, -0.15) is 0 Å². The smallest absolute Gasteiger partial charge is 0.156 e. The molecule has 0 aliphatic rings. The number of benzene rings is 4. The van der Waals surface area contributed by atoms with Crippen LogP contribution in [0.25, 0.3) is 66.0 Å². The molecule has 4 aromatic heterocycles. The molecule has 4 heterocycles. The average molecular weight is 621 g/mol. The van der Waals surface area contributed by atoms with Gasteiger partial charge in [-0.05, 0) is 82.3 Å². The number of nitrogens with zero attached hydrogens (tertiary/aromatic N) is 2. The molecule has 228 valence electrons. The lowest BCUT2D eigenvalue weighted by atomic mass is 9.84. The first-order chi connectivity index (χ1) is 21.9. The van der Waals surface area contributed by atoms with Gasteiger partial charge in [-0.15, -0.1) is 0 Å². The van der Waals surface area contributed by atoms with Crippen molar-refractivity contribution in [1.29, 1.82) is 0 Å². The zero-order valence-electron chi connectivity index (χ0n) is 27.3. The normalized spacial score (nSPS) is 12.8. The number of hydrogen-bond acceptors (Lipinski definition) is 5. The molecule has 0 radical (unpaired) electrons. The van der Waals surface area contributed by atoms with Gasteiger partial charge in [0.15, 0.2) is 5.58 Å². The molecule has 0 N–H and O–H groups in total. The fraction of sp³-hybridized carbons (Fsp3) is 0.220. The first-order valence-corrected chi connectivity index (χ1v) is 16.6. The Hall–Kier alpha value is -4.61. The lowest BCUT2D eigenvalue weighted by Gasteiger charge is -2.22. The molecule has 0 saturated heterocycles. The number of aryl methyl sites for hydroxylation is 1. The summed E-state index contributed by atoms with van der Waals surface area (Å²) in [6.07, 6.45) is 0. The van der Waals surface area contributed by atoms with E-state index in [0.717, 1.165) is 81.7 Å². The minimum Gasteiger partial charge on any atom is -0.455 e. The topological polar surface area (TPSA) is 52.1 Å². The molecule has 0 aliphatic heterocycles. The second-order valence-corrected chi connectivity index (χ2v) is 15.4. The highest BCUT2D eigenvalue weighted by Gasteiger charge is 2.22.